The number of hydrogen-bond donors (Lipinski definition) is 0. The van der Waals surface area contributed by atoms with Gasteiger partial charge in [0.25, 0.3) is 0 Å². The molecule has 10 heteroatoms. The first kappa shape index (κ1) is 13.9. The molecule has 0 amide bonds. The minimum Gasteiger partial charge on any atom is -0.204 e. The van der Waals surface area contributed by atoms with Crippen LogP contribution in [0.5, 0.6) is 0 Å². The summed E-state index contributed by atoms with van der Waals surface area (Å²) in [4.78, 5) is 0. The van der Waals surface area contributed by atoms with Gasteiger partial charge in [0.1, 0.15) is 0 Å². The molecule has 0 aromatic carbocycles. The Balaban J connectivity index is 5.14. The zero-order valence-electron chi connectivity index (χ0n) is 6.19. The quantitative estimate of drug-likeness (QED) is 0.416. The van der Waals surface area contributed by atoms with Crippen molar-refractivity contribution in [3.05, 3.63) is 0 Å². The third-order valence-corrected chi connectivity index (χ3v) is 3.11. The van der Waals surface area contributed by atoms with Gasteiger partial charge in [-0.3, -0.25) is 0 Å². The summed E-state index contributed by atoms with van der Waals surface area (Å²) in [7, 11) is -3.40. The van der Waals surface area contributed by atoms with Crippen LogP contribution in [0.4, 0.5) is 35.1 Å². The summed E-state index contributed by atoms with van der Waals surface area (Å²) in [6.07, 6.45) is -4.87. The third kappa shape index (κ3) is 1.97. The Morgan fingerprint density at radius 3 is 1.50 bits per heavy atom. The van der Waals surface area contributed by atoms with Crippen LogP contribution in [0.1, 0.15) is 0 Å². The van der Waals surface area contributed by atoms with Gasteiger partial charge in [0.15, 0.2) is 0 Å². The van der Waals surface area contributed by atoms with E-state index >= 15 is 0 Å². The Morgan fingerprint density at radius 2 is 1.29 bits per heavy atom. The predicted molar refractivity (Wildman–Crippen MR) is 35.2 cm³/mol. The smallest absolute Gasteiger partial charge is 0.204 e. The number of alkyl halides is 8. The Bertz CT molecular complexity index is 204. The summed E-state index contributed by atoms with van der Waals surface area (Å²) in [5.74, 6) is -12.2. The van der Waals surface area contributed by atoms with E-state index in [9.17, 15) is 35.1 Å². The van der Waals surface area contributed by atoms with Crippen molar-refractivity contribution in [3.63, 3.8) is 0 Å². The molecule has 0 atom stereocenters. The lowest BCUT2D eigenvalue weighted by atomic mass is 10.2. The van der Waals surface area contributed by atoms with Gasteiger partial charge in [-0.15, -0.1) is 0 Å². The Hall–Kier alpha value is -0.0531. The second kappa shape index (κ2) is 3.84. The average Bonchev–Trinajstić information content (AvgIpc) is 2.03. The largest absolute Gasteiger partial charge is 0.375 e. The average molecular weight is 267 g/mol. The van der Waals surface area contributed by atoms with Crippen molar-refractivity contribution in [3.8, 4) is 0 Å². The SMILES string of the molecule is FC(F)C(F)(F)C(F)(F)C(F)(F)[SiH2]Cl. The molecular weight excluding hydrogens is 264 g/mol. The first-order valence-corrected chi connectivity index (χ1v) is 5.83. The van der Waals surface area contributed by atoms with Crippen molar-refractivity contribution < 1.29 is 35.1 Å². The van der Waals surface area contributed by atoms with Gasteiger partial charge in [-0.1, -0.05) is 0 Å². The maximum absolute atomic E-state index is 12.2. The summed E-state index contributed by atoms with van der Waals surface area (Å²) < 4.78 is 95.5. The summed E-state index contributed by atoms with van der Waals surface area (Å²) >= 11 is 4.42. The highest BCUT2D eigenvalue weighted by Crippen LogP contribution is 2.48. The molecule has 0 heterocycles. The molecule has 0 spiro atoms. The van der Waals surface area contributed by atoms with Crippen molar-refractivity contribution in [1.29, 1.82) is 0 Å². The molecule has 0 unspecified atom stereocenters. The molecule has 0 N–H and O–H groups in total. The van der Waals surface area contributed by atoms with Gasteiger partial charge in [0.2, 0.25) is 8.83 Å². The summed E-state index contributed by atoms with van der Waals surface area (Å²) in [5, 5.41) is 0. The molecule has 0 radical (unpaired) electrons. The molecule has 0 aliphatic rings. The standard InChI is InChI=1S/C4H3ClF8Si/c5-14-4(12,13)3(10,11)2(8,9)1(6)7/h1H,14H2. The molecule has 0 aliphatic heterocycles. The Morgan fingerprint density at radius 1 is 0.929 bits per heavy atom. The zero-order valence-corrected chi connectivity index (χ0v) is 8.36. The highest BCUT2D eigenvalue weighted by Gasteiger charge is 2.74. The molecule has 86 valence electrons. The van der Waals surface area contributed by atoms with Crippen LogP contribution in [-0.4, -0.2) is 32.6 Å². The molecule has 0 aliphatic carbocycles. The van der Waals surface area contributed by atoms with E-state index in [1.165, 1.54) is 0 Å². The van der Waals surface area contributed by atoms with Crippen molar-refractivity contribution in [1.82, 2.24) is 0 Å². The predicted octanol–water partition coefficient (Wildman–Crippen LogP) is 2.44. The maximum Gasteiger partial charge on any atom is 0.375 e. The van der Waals surface area contributed by atoms with Crippen LogP contribution in [0.3, 0.4) is 0 Å². The topological polar surface area (TPSA) is 0 Å². The van der Waals surface area contributed by atoms with Crippen LogP contribution in [-0.2, 0) is 0 Å². The normalized spacial score (nSPS) is 15.9. The Kier molecular flexibility index (Phi) is 3.82. The lowest BCUT2D eigenvalue weighted by Crippen LogP contribution is -2.59. The Labute approximate surface area is 79.7 Å². The minimum absolute atomic E-state index is 3.40. The molecule has 14 heavy (non-hydrogen) atoms. The molecule has 0 saturated heterocycles. The third-order valence-electron chi connectivity index (χ3n) is 1.32. The van der Waals surface area contributed by atoms with Crippen LogP contribution in [0.2, 0.25) is 0 Å². The van der Waals surface area contributed by atoms with E-state index in [1.54, 1.807) is 0 Å². The van der Waals surface area contributed by atoms with Crippen LogP contribution in [0.15, 0.2) is 0 Å². The maximum atomic E-state index is 12.2. The second-order valence-electron chi connectivity index (χ2n) is 2.34. The fourth-order valence-electron chi connectivity index (χ4n) is 0.465. The van der Waals surface area contributed by atoms with Gasteiger partial charge < -0.3 is 0 Å². The van der Waals surface area contributed by atoms with Gasteiger partial charge >= 0.3 is 23.8 Å². The number of halogens is 9. The summed E-state index contributed by atoms with van der Waals surface area (Å²) in [5.41, 5.74) is -5.26. The van der Waals surface area contributed by atoms with Crippen molar-refractivity contribution in [2.75, 3.05) is 0 Å². The van der Waals surface area contributed by atoms with Gasteiger partial charge in [0.05, 0.1) is 0 Å². The zero-order chi connectivity index (χ0) is 11.8. The van der Waals surface area contributed by atoms with E-state index < -0.39 is 32.6 Å². The molecule has 0 bridgehead atoms. The van der Waals surface area contributed by atoms with E-state index in [1.807, 2.05) is 0 Å². The van der Waals surface area contributed by atoms with E-state index in [0.717, 1.165) is 0 Å². The first-order chi connectivity index (χ1) is 6.00. The molecule has 0 saturated carbocycles. The van der Waals surface area contributed by atoms with Crippen LogP contribution in [0.25, 0.3) is 0 Å². The van der Waals surface area contributed by atoms with Crippen molar-refractivity contribution in [2.24, 2.45) is 0 Å². The molecule has 0 fully saturated rings. The van der Waals surface area contributed by atoms with E-state index in [2.05, 4.69) is 11.1 Å². The van der Waals surface area contributed by atoms with E-state index in [4.69, 9.17) is 0 Å². The van der Waals surface area contributed by atoms with E-state index in [-0.39, 0.29) is 0 Å². The van der Waals surface area contributed by atoms with Gasteiger partial charge in [-0.25, -0.2) is 17.6 Å². The molecular formula is C4H3ClF8Si. The summed E-state index contributed by atoms with van der Waals surface area (Å²) in [6, 6.07) is 0. The summed E-state index contributed by atoms with van der Waals surface area (Å²) in [6.45, 7) is 0. The highest BCUT2D eigenvalue weighted by atomic mass is 35.6. The molecule has 0 aromatic rings. The van der Waals surface area contributed by atoms with Crippen LogP contribution < -0.4 is 0 Å². The lowest BCUT2D eigenvalue weighted by Gasteiger charge is -2.30. The fourth-order valence-corrected chi connectivity index (χ4v) is 1.37. The second-order valence-corrected chi connectivity index (χ2v) is 4.29. The molecule has 0 aromatic heterocycles. The molecule has 0 nitrogen and oxygen atoms in total. The minimum atomic E-state index is -6.12. The monoisotopic (exact) mass is 266 g/mol. The van der Waals surface area contributed by atoms with E-state index in [0.29, 0.717) is 0 Å². The van der Waals surface area contributed by atoms with Crippen LogP contribution in [0, 0.1) is 0 Å². The molecule has 0 rings (SSSR count). The highest BCUT2D eigenvalue weighted by molar-refractivity contribution is 6.95. The van der Waals surface area contributed by atoms with Crippen molar-refractivity contribution in [2.45, 2.75) is 23.8 Å². The number of rotatable bonds is 4. The first-order valence-electron chi connectivity index (χ1n) is 2.98. The van der Waals surface area contributed by atoms with Crippen molar-refractivity contribution >= 4 is 19.9 Å². The van der Waals surface area contributed by atoms with Gasteiger partial charge in [-0.05, 0) is 0 Å². The number of hydrogen-bond acceptors (Lipinski definition) is 0. The van der Waals surface area contributed by atoms with Gasteiger partial charge in [-0.2, -0.15) is 28.6 Å². The fraction of sp³-hybridized carbons (Fsp3) is 1.00. The lowest BCUT2D eigenvalue weighted by molar-refractivity contribution is -0.315. The van der Waals surface area contributed by atoms with Gasteiger partial charge in [0, 0.05) is 0 Å². The van der Waals surface area contributed by atoms with Crippen LogP contribution >= 0.6 is 11.1 Å².